The number of rotatable bonds is 6. The van der Waals surface area contributed by atoms with Crippen LogP contribution in [-0.4, -0.2) is 19.7 Å². The normalized spacial score (nSPS) is 14.3. The fourth-order valence-electron chi connectivity index (χ4n) is 2.61. The number of hydrogen-bond acceptors (Lipinski definition) is 2. The van der Waals surface area contributed by atoms with Crippen molar-refractivity contribution >= 4 is 15.9 Å². The lowest BCUT2D eigenvalue weighted by Crippen LogP contribution is -2.26. The highest BCUT2D eigenvalue weighted by Crippen LogP contribution is 2.41. The number of hydrogen-bond donors (Lipinski definition) is 1. The first-order valence-corrected chi connectivity index (χ1v) is 8.00. The molecule has 0 atom stereocenters. The van der Waals surface area contributed by atoms with Crippen molar-refractivity contribution < 1.29 is 4.74 Å². The van der Waals surface area contributed by atoms with E-state index in [0.717, 1.165) is 38.3 Å². The van der Waals surface area contributed by atoms with Crippen LogP contribution in [0.3, 0.4) is 0 Å². The third-order valence-corrected chi connectivity index (χ3v) is 4.29. The van der Waals surface area contributed by atoms with E-state index in [2.05, 4.69) is 54.2 Å². The van der Waals surface area contributed by atoms with Crippen LogP contribution in [0.5, 0.6) is 5.75 Å². The summed E-state index contributed by atoms with van der Waals surface area (Å²) in [5.74, 6) is 1.13. The van der Waals surface area contributed by atoms with Gasteiger partial charge in [0.1, 0.15) is 5.75 Å². The van der Waals surface area contributed by atoms with E-state index in [4.69, 9.17) is 4.74 Å². The number of halogens is 1. The summed E-state index contributed by atoms with van der Waals surface area (Å²) in [5, 5.41) is 3.49. The van der Waals surface area contributed by atoms with Crippen molar-refractivity contribution in [3.63, 3.8) is 0 Å². The van der Waals surface area contributed by atoms with Crippen LogP contribution in [0.25, 0.3) is 0 Å². The molecule has 106 valence electrons. The van der Waals surface area contributed by atoms with Crippen molar-refractivity contribution in [1.82, 2.24) is 5.32 Å². The number of nitrogens with one attached hydrogen (secondary N) is 1. The zero-order valence-corrected chi connectivity index (χ0v) is 13.8. The molecule has 0 unspecified atom stereocenters. The molecule has 1 aliphatic rings. The zero-order chi connectivity index (χ0) is 13.9. The first-order chi connectivity index (χ1) is 9.04. The van der Waals surface area contributed by atoms with Crippen LogP contribution >= 0.6 is 15.9 Å². The van der Waals surface area contributed by atoms with Gasteiger partial charge < -0.3 is 10.1 Å². The second-order valence-electron chi connectivity index (χ2n) is 5.92. The summed E-state index contributed by atoms with van der Waals surface area (Å²) in [7, 11) is 0. The van der Waals surface area contributed by atoms with Crippen LogP contribution in [0, 0.1) is 0 Å². The fourth-order valence-corrected chi connectivity index (χ4v) is 3.11. The summed E-state index contributed by atoms with van der Waals surface area (Å²) < 4.78 is 7.03. The average Bonchev–Trinajstić information content (AvgIpc) is 2.81. The lowest BCUT2D eigenvalue weighted by atomic mass is 9.80. The maximum Gasteiger partial charge on any atom is 0.126 e. The highest BCUT2D eigenvalue weighted by atomic mass is 79.9. The largest absolute Gasteiger partial charge is 0.493 e. The Labute approximate surface area is 125 Å². The van der Waals surface area contributed by atoms with Gasteiger partial charge in [-0.15, -0.1) is 0 Å². The maximum atomic E-state index is 5.86. The van der Waals surface area contributed by atoms with E-state index in [9.17, 15) is 0 Å². The molecular weight excluding hydrogens is 302 g/mol. The lowest BCUT2D eigenvalue weighted by Gasteiger charge is -2.27. The topological polar surface area (TPSA) is 21.3 Å². The lowest BCUT2D eigenvalue weighted by molar-refractivity contribution is 0.341. The van der Waals surface area contributed by atoms with Gasteiger partial charge in [-0.05, 0) is 49.0 Å². The maximum absolute atomic E-state index is 5.86. The summed E-state index contributed by atoms with van der Waals surface area (Å²) >= 11 is 3.63. The van der Waals surface area contributed by atoms with Gasteiger partial charge in [-0.3, -0.25) is 0 Å². The van der Waals surface area contributed by atoms with Crippen molar-refractivity contribution in [2.24, 2.45) is 0 Å². The van der Waals surface area contributed by atoms with Crippen LogP contribution in [0.4, 0.5) is 0 Å². The zero-order valence-electron chi connectivity index (χ0n) is 12.2. The Bertz CT molecular complexity index is 443. The Kier molecular flexibility index (Phi) is 4.91. The molecule has 0 aromatic heterocycles. The van der Waals surface area contributed by atoms with Gasteiger partial charge in [0.2, 0.25) is 0 Å². The first-order valence-electron chi connectivity index (χ1n) is 7.21. The molecule has 0 saturated heterocycles. The van der Waals surface area contributed by atoms with E-state index in [-0.39, 0.29) is 5.41 Å². The summed E-state index contributed by atoms with van der Waals surface area (Å²) in [6.07, 6.45) is 3.35. The van der Waals surface area contributed by atoms with Gasteiger partial charge in [0.15, 0.2) is 0 Å². The molecule has 1 N–H and O–H groups in total. The van der Waals surface area contributed by atoms with E-state index in [1.54, 1.807) is 0 Å². The van der Waals surface area contributed by atoms with Crippen molar-refractivity contribution in [3.05, 3.63) is 27.7 Å². The van der Waals surface area contributed by atoms with E-state index in [1.807, 2.05) is 0 Å². The summed E-state index contributed by atoms with van der Waals surface area (Å²) in [6.45, 7) is 9.80. The predicted octanol–water partition coefficient (Wildman–Crippen LogP) is 4.05. The van der Waals surface area contributed by atoms with Gasteiger partial charge in [0.25, 0.3) is 0 Å². The third-order valence-electron chi connectivity index (χ3n) is 3.83. The Morgan fingerprint density at radius 3 is 2.84 bits per heavy atom. The summed E-state index contributed by atoms with van der Waals surface area (Å²) in [5.41, 5.74) is 2.82. The van der Waals surface area contributed by atoms with Crippen LogP contribution in [0.15, 0.2) is 16.6 Å². The molecule has 19 heavy (non-hydrogen) atoms. The van der Waals surface area contributed by atoms with Gasteiger partial charge >= 0.3 is 0 Å². The molecule has 3 heteroatoms. The second kappa shape index (κ2) is 6.27. The quantitative estimate of drug-likeness (QED) is 0.796. The molecule has 2 nitrogen and oxygen atoms in total. The molecule has 0 fully saturated rings. The van der Waals surface area contributed by atoms with Crippen molar-refractivity contribution in [3.8, 4) is 5.75 Å². The Morgan fingerprint density at radius 1 is 1.32 bits per heavy atom. The fraction of sp³-hybridized carbons (Fsp3) is 0.625. The van der Waals surface area contributed by atoms with Gasteiger partial charge in [0.05, 0.1) is 6.61 Å². The van der Waals surface area contributed by atoms with E-state index >= 15 is 0 Å². The molecule has 0 radical (unpaired) electrons. The van der Waals surface area contributed by atoms with Crippen molar-refractivity contribution in [2.45, 2.75) is 45.4 Å². The van der Waals surface area contributed by atoms with E-state index in [0.29, 0.717) is 0 Å². The minimum absolute atomic E-state index is 0.138. The molecule has 2 rings (SSSR count). The summed E-state index contributed by atoms with van der Waals surface area (Å²) in [4.78, 5) is 0. The highest BCUT2D eigenvalue weighted by Gasteiger charge is 2.28. The smallest absolute Gasteiger partial charge is 0.126 e. The van der Waals surface area contributed by atoms with E-state index < -0.39 is 0 Å². The molecule has 0 bridgehead atoms. The van der Waals surface area contributed by atoms with Crippen molar-refractivity contribution in [2.75, 3.05) is 19.7 Å². The number of benzene rings is 1. The molecule has 1 aromatic carbocycles. The molecule has 0 amide bonds. The molecule has 0 spiro atoms. The van der Waals surface area contributed by atoms with Crippen LogP contribution in [0.1, 0.15) is 44.7 Å². The molecule has 0 aliphatic carbocycles. The highest BCUT2D eigenvalue weighted by molar-refractivity contribution is 9.10. The van der Waals surface area contributed by atoms with Crippen LogP contribution < -0.4 is 10.1 Å². The minimum Gasteiger partial charge on any atom is -0.493 e. The number of ether oxygens (including phenoxy) is 1. The van der Waals surface area contributed by atoms with Crippen LogP contribution in [-0.2, 0) is 11.8 Å². The Balaban J connectivity index is 2.15. The van der Waals surface area contributed by atoms with Gasteiger partial charge in [-0.2, -0.15) is 0 Å². The van der Waals surface area contributed by atoms with Gasteiger partial charge in [-0.25, -0.2) is 0 Å². The van der Waals surface area contributed by atoms with Gasteiger partial charge in [-0.1, -0.05) is 36.7 Å². The number of fused-ring (bicyclic) bond motifs is 1. The second-order valence-corrected chi connectivity index (χ2v) is 6.84. The Morgan fingerprint density at radius 2 is 2.11 bits per heavy atom. The molecule has 0 saturated carbocycles. The van der Waals surface area contributed by atoms with Crippen LogP contribution in [0.2, 0.25) is 0 Å². The predicted molar refractivity (Wildman–Crippen MR) is 84.1 cm³/mol. The van der Waals surface area contributed by atoms with E-state index in [1.165, 1.54) is 22.0 Å². The monoisotopic (exact) mass is 325 g/mol. The molecule has 1 aromatic rings. The molecule has 1 aliphatic heterocycles. The summed E-state index contributed by atoms with van der Waals surface area (Å²) in [6, 6.07) is 4.42. The Hall–Kier alpha value is -0.540. The minimum atomic E-state index is 0.138. The van der Waals surface area contributed by atoms with Gasteiger partial charge in [0, 0.05) is 16.5 Å². The average molecular weight is 326 g/mol. The third kappa shape index (κ3) is 3.51. The molecule has 1 heterocycles. The molecular formula is C16H24BrNO. The standard InChI is InChI=1S/C16H24BrNO/c1-4-7-18-8-6-16(2,3)14-11-13(17)10-12-5-9-19-15(12)14/h10-11,18H,4-9H2,1-3H3. The first kappa shape index (κ1) is 14.9. The van der Waals surface area contributed by atoms with Crippen molar-refractivity contribution in [1.29, 1.82) is 0 Å². The SMILES string of the molecule is CCCNCCC(C)(C)c1cc(Br)cc2c1OCC2.